The van der Waals surface area contributed by atoms with Gasteiger partial charge < -0.3 is 4.74 Å². The fourth-order valence-corrected chi connectivity index (χ4v) is 2.59. The van der Waals surface area contributed by atoms with Gasteiger partial charge in [-0.25, -0.2) is 0 Å². The minimum Gasteiger partial charge on any atom is -0.381 e. The van der Waals surface area contributed by atoms with Crippen molar-refractivity contribution in [3.05, 3.63) is 66.8 Å². The Balaban J connectivity index is 2.43. The second-order valence-electron chi connectivity index (χ2n) is 4.95. The molecule has 2 nitrogen and oxygen atoms in total. The Hall–Kier alpha value is -2.11. The molecule has 1 aliphatic rings. The first kappa shape index (κ1) is 14.3. The Morgan fingerprint density at radius 2 is 2.05 bits per heavy atom. The van der Waals surface area contributed by atoms with Crippen LogP contribution in [-0.2, 0) is 10.2 Å². The minimum atomic E-state index is -0.422. The lowest BCUT2D eigenvalue weighted by Crippen LogP contribution is -2.32. The summed E-state index contributed by atoms with van der Waals surface area (Å²) < 4.78 is 5.39. The zero-order valence-corrected chi connectivity index (χ0v) is 11.6. The van der Waals surface area contributed by atoms with E-state index < -0.39 is 5.41 Å². The number of allylic oxidation sites excluding steroid dienone is 4. The Kier molecular flexibility index (Phi) is 4.55. The molecule has 0 aliphatic carbocycles. The van der Waals surface area contributed by atoms with Gasteiger partial charge in [0.1, 0.15) is 0 Å². The van der Waals surface area contributed by atoms with Crippen molar-refractivity contribution in [2.24, 2.45) is 0 Å². The normalized spacial score (nSPS) is 18.1. The number of benzene rings is 1. The Morgan fingerprint density at radius 3 is 2.65 bits per heavy atom. The molecule has 0 N–H and O–H groups in total. The maximum absolute atomic E-state index is 9.63. The van der Waals surface area contributed by atoms with Gasteiger partial charge in [-0.2, -0.15) is 5.26 Å². The molecule has 0 unspecified atom stereocenters. The van der Waals surface area contributed by atoms with E-state index in [-0.39, 0.29) is 0 Å². The Bertz CT molecular complexity index is 571. The van der Waals surface area contributed by atoms with E-state index in [9.17, 15) is 5.26 Å². The third-order valence-electron chi connectivity index (χ3n) is 3.83. The van der Waals surface area contributed by atoms with Crippen molar-refractivity contribution in [3.63, 3.8) is 0 Å². The van der Waals surface area contributed by atoms with E-state index in [1.54, 1.807) is 6.08 Å². The fraction of sp³-hybridized carbons (Fsp3) is 0.278. The van der Waals surface area contributed by atoms with Crippen LogP contribution in [0.15, 0.2) is 55.7 Å². The lowest BCUT2D eigenvalue weighted by Gasteiger charge is -2.31. The molecule has 1 heterocycles. The van der Waals surface area contributed by atoms with E-state index >= 15 is 0 Å². The average Bonchev–Trinajstić information content (AvgIpc) is 2.53. The highest BCUT2D eigenvalue weighted by Gasteiger charge is 2.34. The highest BCUT2D eigenvalue weighted by atomic mass is 16.5. The molecule has 1 aromatic rings. The largest absolute Gasteiger partial charge is 0.381 e. The maximum Gasteiger partial charge on any atom is 0.0866 e. The molecule has 0 amide bonds. The summed E-state index contributed by atoms with van der Waals surface area (Å²) in [6.45, 7) is 8.85. The standard InChI is InChI=1S/C18H19NO/c1-3-6-15(4-2)16-7-5-8-17(13-16)18(14-19)9-11-20-12-10-18/h3-8,13H,1-2,9-12H2/b15-6+. The van der Waals surface area contributed by atoms with Crippen molar-refractivity contribution in [1.29, 1.82) is 5.26 Å². The van der Waals surface area contributed by atoms with Gasteiger partial charge in [-0.05, 0) is 35.6 Å². The van der Waals surface area contributed by atoms with Gasteiger partial charge in [0, 0.05) is 13.2 Å². The molecule has 102 valence electrons. The quantitative estimate of drug-likeness (QED) is 0.770. The molecule has 0 bridgehead atoms. The third-order valence-corrected chi connectivity index (χ3v) is 3.83. The highest BCUT2D eigenvalue weighted by Crippen LogP contribution is 2.35. The van der Waals surface area contributed by atoms with Gasteiger partial charge in [0.05, 0.1) is 11.5 Å². The van der Waals surface area contributed by atoms with Gasteiger partial charge in [0.15, 0.2) is 0 Å². The summed E-state index contributed by atoms with van der Waals surface area (Å²) in [5.41, 5.74) is 2.73. The van der Waals surface area contributed by atoms with Crippen LogP contribution in [0, 0.1) is 11.3 Å². The predicted octanol–water partition coefficient (Wildman–Crippen LogP) is 4.01. The van der Waals surface area contributed by atoms with E-state index in [0.717, 1.165) is 29.5 Å². The average molecular weight is 265 g/mol. The topological polar surface area (TPSA) is 33.0 Å². The summed E-state index contributed by atoms with van der Waals surface area (Å²) in [5, 5.41) is 9.63. The smallest absolute Gasteiger partial charge is 0.0866 e. The lowest BCUT2D eigenvalue weighted by atomic mass is 9.75. The van der Waals surface area contributed by atoms with Gasteiger partial charge in [0.25, 0.3) is 0 Å². The van der Waals surface area contributed by atoms with Crippen molar-refractivity contribution < 1.29 is 4.74 Å². The summed E-state index contributed by atoms with van der Waals surface area (Å²) in [6, 6.07) is 10.7. The first-order chi connectivity index (χ1) is 9.75. The number of nitriles is 1. The summed E-state index contributed by atoms with van der Waals surface area (Å²) in [7, 11) is 0. The van der Waals surface area contributed by atoms with Gasteiger partial charge in [-0.1, -0.05) is 49.6 Å². The van der Waals surface area contributed by atoms with Crippen LogP contribution in [0.1, 0.15) is 24.0 Å². The molecule has 0 aromatic heterocycles. The lowest BCUT2D eigenvalue weighted by molar-refractivity contribution is 0.0675. The van der Waals surface area contributed by atoms with Crippen LogP contribution in [0.2, 0.25) is 0 Å². The third kappa shape index (κ3) is 2.74. The number of ether oxygens (including phenoxy) is 1. The van der Waals surface area contributed by atoms with Gasteiger partial charge in [-0.15, -0.1) is 0 Å². The van der Waals surface area contributed by atoms with E-state index in [1.807, 2.05) is 30.4 Å². The summed E-state index contributed by atoms with van der Waals surface area (Å²) >= 11 is 0. The highest BCUT2D eigenvalue weighted by molar-refractivity contribution is 5.75. The van der Waals surface area contributed by atoms with Gasteiger partial charge in [-0.3, -0.25) is 0 Å². The molecular formula is C18H19NO. The van der Waals surface area contributed by atoms with Crippen molar-refractivity contribution >= 4 is 5.57 Å². The van der Waals surface area contributed by atoms with E-state index in [1.165, 1.54) is 0 Å². The Labute approximate surface area is 120 Å². The molecule has 1 aromatic carbocycles. The van der Waals surface area contributed by atoms with E-state index in [0.29, 0.717) is 13.2 Å². The van der Waals surface area contributed by atoms with Crippen LogP contribution in [0.25, 0.3) is 5.57 Å². The van der Waals surface area contributed by atoms with Gasteiger partial charge >= 0.3 is 0 Å². The SMILES string of the molecule is C=C/C=C(\C=C)c1cccc(C2(C#N)CCOCC2)c1. The molecule has 1 fully saturated rings. The van der Waals surface area contributed by atoms with Crippen LogP contribution in [-0.4, -0.2) is 13.2 Å². The van der Waals surface area contributed by atoms with Crippen LogP contribution in [0.3, 0.4) is 0 Å². The second kappa shape index (κ2) is 6.36. The molecule has 0 atom stereocenters. The number of hydrogen-bond donors (Lipinski definition) is 0. The Morgan fingerprint density at radius 1 is 1.30 bits per heavy atom. The molecule has 1 saturated heterocycles. The monoisotopic (exact) mass is 265 g/mol. The van der Waals surface area contributed by atoms with E-state index in [4.69, 9.17) is 4.74 Å². The zero-order chi connectivity index (χ0) is 14.4. The second-order valence-corrected chi connectivity index (χ2v) is 4.95. The summed E-state index contributed by atoms with van der Waals surface area (Å²) in [5.74, 6) is 0. The van der Waals surface area contributed by atoms with Crippen molar-refractivity contribution in [2.45, 2.75) is 18.3 Å². The predicted molar refractivity (Wildman–Crippen MR) is 82.2 cm³/mol. The molecular weight excluding hydrogens is 246 g/mol. The minimum absolute atomic E-state index is 0.422. The van der Waals surface area contributed by atoms with Crippen molar-refractivity contribution in [1.82, 2.24) is 0 Å². The van der Waals surface area contributed by atoms with Crippen LogP contribution < -0.4 is 0 Å². The van der Waals surface area contributed by atoms with Crippen LogP contribution >= 0.6 is 0 Å². The van der Waals surface area contributed by atoms with Crippen molar-refractivity contribution in [3.8, 4) is 6.07 Å². The van der Waals surface area contributed by atoms with Crippen LogP contribution in [0.4, 0.5) is 0 Å². The maximum atomic E-state index is 9.63. The van der Waals surface area contributed by atoms with Gasteiger partial charge in [0.2, 0.25) is 0 Å². The first-order valence-corrected chi connectivity index (χ1v) is 6.81. The molecule has 1 aliphatic heterocycles. The van der Waals surface area contributed by atoms with Crippen LogP contribution in [0.5, 0.6) is 0 Å². The first-order valence-electron chi connectivity index (χ1n) is 6.81. The number of rotatable bonds is 4. The molecule has 0 spiro atoms. The molecule has 20 heavy (non-hydrogen) atoms. The zero-order valence-electron chi connectivity index (χ0n) is 11.6. The summed E-state index contributed by atoms with van der Waals surface area (Å²) in [6.07, 6.45) is 6.99. The van der Waals surface area contributed by atoms with E-state index in [2.05, 4.69) is 25.3 Å². The number of hydrogen-bond acceptors (Lipinski definition) is 2. The summed E-state index contributed by atoms with van der Waals surface area (Å²) in [4.78, 5) is 0. The molecule has 0 radical (unpaired) electrons. The molecule has 2 heteroatoms. The molecule has 2 rings (SSSR count). The number of nitrogens with zero attached hydrogens (tertiary/aromatic N) is 1. The fourth-order valence-electron chi connectivity index (χ4n) is 2.59. The van der Waals surface area contributed by atoms with Crippen molar-refractivity contribution in [2.75, 3.05) is 13.2 Å². The molecule has 0 saturated carbocycles.